The molecule has 3 aromatic rings. The largest absolute Gasteiger partial charge is 0.573 e. The molecule has 0 unspecified atom stereocenters. The predicted octanol–water partition coefficient (Wildman–Crippen LogP) is 5.34. The van der Waals surface area contributed by atoms with Gasteiger partial charge in [-0.1, -0.05) is 36.4 Å². The number of sulfonamides is 1. The van der Waals surface area contributed by atoms with Crippen molar-refractivity contribution in [1.82, 2.24) is 0 Å². The van der Waals surface area contributed by atoms with Gasteiger partial charge in [-0.15, -0.1) is 13.2 Å². The van der Waals surface area contributed by atoms with Gasteiger partial charge >= 0.3 is 12.4 Å². The number of aryl methyl sites for hydroxylation is 1. The number of hydrogen-bond donors (Lipinski definition) is 3. The van der Waals surface area contributed by atoms with Gasteiger partial charge in [0.2, 0.25) is 0 Å². The number of anilines is 3. The minimum atomic E-state index is -5.06. The normalized spacial score (nSPS) is 11.5. The van der Waals surface area contributed by atoms with Gasteiger partial charge in [-0.2, -0.15) is 0 Å². The summed E-state index contributed by atoms with van der Waals surface area (Å²) in [4.78, 5) is 11.5. The lowest BCUT2D eigenvalue weighted by molar-refractivity contribution is -0.275. The van der Waals surface area contributed by atoms with Gasteiger partial charge in [-0.3, -0.25) is 4.72 Å². The highest BCUT2D eigenvalue weighted by atomic mass is 32.2. The molecule has 0 saturated carbocycles. The number of ether oxygens (including phenoxy) is 1. The van der Waals surface area contributed by atoms with Gasteiger partial charge in [0.05, 0.1) is 5.69 Å². The van der Waals surface area contributed by atoms with Crippen LogP contribution in [0.3, 0.4) is 0 Å². The molecule has 0 saturated heterocycles. The van der Waals surface area contributed by atoms with Crippen LogP contribution in [0.2, 0.25) is 0 Å². The van der Waals surface area contributed by atoms with Crippen LogP contribution in [-0.4, -0.2) is 20.8 Å². The van der Waals surface area contributed by atoms with Crippen LogP contribution in [0.5, 0.6) is 5.75 Å². The van der Waals surface area contributed by atoms with E-state index >= 15 is 0 Å². The maximum absolute atomic E-state index is 12.8. The zero-order chi connectivity index (χ0) is 23.4. The van der Waals surface area contributed by atoms with E-state index in [9.17, 15) is 26.4 Å². The quantitative estimate of drug-likeness (QED) is 0.458. The second kappa shape index (κ2) is 9.18. The molecule has 2 amide bonds. The maximum atomic E-state index is 12.8. The van der Waals surface area contributed by atoms with Gasteiger partial charge in [-0.25, -0.2) is 13.2 Å². The van der Waals surface area contributed by atoms with Crippen molar-refractivity contribution in [3.63, 3.8) is 0 Å². The molecule has 0 fully saturated rings. The second-order valence-corrected chi connectivity index (χ2v) is 8.23. The summed E-state index contributed by atoms with van der Waals surface area (Å²) in [6.07, 6.45) is -5.06. The average molecular weight is 465 g/mol. The molecule has 3 aromatic carbocycles. The minimum absolute atomic E-state index is 0.0734. The van der Waals surface area contributed by atoms with E-state index in [0.717, 1.165) is 12.1 Å². The van der Waals surface area contributed by atoms with Crippen LogP contribution in [-0.2, 0) is 10.0 Å². The van der Waals surface area contributed by atoms with Crippen LogP contribution in [0, 0.1) is 6.92 Å². The summed E-state index contributed by atoms with van der Waals surface area (Å²) in [6.45, 7) is 1.60. The Balaban J connectivity index is 1.81. The molecule has 168 valence electrons. The van der Waals surface area contributed by atoms with E-state index in [1.165, 1.54) is 18.2 Å². The summed E-state index contributed by atoms with van der Waals surface area (Å²) in [6, 6.07) is 17.0. The monoisotopic (exact) mass is 465 g/mol. The van der Waals surface area contributed by atoms with Crippen molar-refractivity contribution in [2.24, 2.45) is 0 Å². The summed E-state index contributed by atoms with van der Waals surface area (Å²) in [5.74, 6) is -0.860. The smallest absolute Gasteiger partial charge is 0.404 e. The predicted molar refractivity (Wildman–Crippen MR) is 114 cm³/mol. The van der Waals surface area contributed by atoms with E-state index in [4.69, 9.17) is 0 Å². The van der Waals surface area contributed by atoms with Crippen molar-refractivity contribution in [3.05, 3.63) is 78.4 Å². The summed E-state index contributed by atoms with van der Waals surface area (Å²) in [5, 5.41) is 5.18. The highest BCUT2D eigenvalue weighted by Crippen LogP contribution is 2.31. The van der Waals surface area contributed by atoms with Gasteiger partial charge in [0.1, 0.15) is 10.6 Å². The number of carbonyl (C=O) groups excluding carboxylic acids is 1. The third-order valence-electron chi connectivity index (χ3n) is 4.14. The number of rotatable bonds is 6. The van der Waals surface area contributed by atoms with Crippen molar-refractivity contribution < 1.29 is 31.1 Å². The number of amides is 2. The average Bonchev–Trinajstić information content (AvgIpc) is 2.70. The van der Waals surface area contributed by atoms with Crippen molar-refractivity contribution >= 4 is 33.1 Å². The van der Waals surface area contributed by atoms with E-state index in [1.54, 1.807) is 49.4 Å². The van der Waals surface area contributed by atoms with Crippen molar-refractivity contribution in [1.29, 1.82) is 0 Å². The van der Waals surface area contributed by atoms with E-state index in [2.05, 4.69) is 20.1 Å². The maximum Gasteiger partial charge on any atom is 0.573 e. The molecule has 0 aliphatic rings. The first-order chi connectivity index (χ1) is 15.0. The molecule has 3 N–H and O–H groups in total. The van der Waals surface area contributed by atoms with E-state index in [0.29, 0.717) is 11.3 Å². The Morgan fingerprint density at radius 1 is 0.875 bits per heavy atom. The van der Waals surface area contributed by atoms with Gasteiger partial charge in [0.25, 0.3) is 10.0 Å². The van der Waals surface area contributed by atoms with Gasteiger partial charge in [0.15, 0.2) is 0 Å². The summed E-state index contributed by atoms with van der Waals surface area (Å²) in [5.41, 5.74) is 1.38. The Kier molecular flexibility index (Phi) is 6.58. The zero-order valence-corrected chi connectivity index (χ0v) is 17.4. The van der Waals surface area contributed by atoms with Crippen LogP contribution in [0.1, 0.15) is 5.56 Å². The molecule has 0 spiro atoms. The summed E-state index contributed by atoms with van der Waals surface area (Å²) < 4.78 is 69.6. The fourth-order valence-corrected chi connectivity index (χ4v) is 3.96. The molecule has 0 aromatic heterocycles. The molecule has 7 nitrogen and oxygen atoms in total. The molecule has 0 atom stereocenters. The molecule has 0 bridgehead atoms. The Hall–Kier alpha value is -3.73. The number of nitrogens with one attached hydrogen (secondary N) is 3. The number of alkyl halides is 3. The lowest BCUT2D eigenvalue weighted by atomic mass is 10.2. The van der Waals surface area contributed by atoms with E-state index in [1.807, 2.05) is 0 Å². The third kappa shape index (κ3) is 6.14. The highest BCUT2D eigenvalue weighted by molar-refractivity contribution is 7.92. The topological polar surface area (TPSA) is 96.5 Å². The van der Waals surface area contributed by atoms with E-state index < -0.39 is 33.1 Å². The number of halogens is 3. The zero-order valence-electron chi connectivity index (χ0n) is 16.6. The first kappa shape index (κ1) is 22.9. The Labute approximate surface area is 182 Å². The molecule has 0 heterocycles. The standard InChI is InChI=1S/C21H18F3N3O4S/c1-14-11-12-16(26-20(28)25-15-7-3-2-4-8-15)13-17(14)27-32(29,30)19-10-6-5-9-18(19)31-21(22,23)24/h2-13,27H,1H3,(H2,25,26,28). The molecular formula is C21H18F3N3O4S. The minimum Gasteiger partial charge on any atom is -0.404 e. The van der Waals surface area contributed by atoms with Crippen LogP contribution in [0.15, 0.2) is 77.7 Å². The first-order valence-corrected chi connectivity index (χ1v) is 10.6. The summed E-state index contributed by atoms with van der Waals surface area (Å²) >= 11 is 0. The van der Waals surface area contributed by atoms with Gasteiger partial charge in [0, 0.05) is 11.4 Å². The number of carbonyl (C=O) groups is 1. The van der Waals surface area contributed by atoms with Crippen LogP contribution < -0.4 is 20.1 Å². The third-order valence-corrected chi connectivity index (χ3v) is 5.54. The van der Waals surface area contributed by atoms with Crippen molar-refractivity contribution in [3.8, 4) is 5.75 Å². The molecule has 11 heteroatoms. The lowest BCUT2D eigenvalue weighted by Crippen LogP contribution is -2.21. The summed E-state index contributed by atoms with van der Waals surface area (Å²) in [7, 11) is -4.44. The van der Waals surface area contributed by atoms with Crippen LogP contribution in [0.25, 0.3) is 0 Å². The number of para-hydroxylation sites is 2. The van der Waals surface area contributed by atoms with Gasteiger partial charge < -0.3 is 15.4 Å². The Bertz CT molecular complexity index is 1220. The number of hydrogen-bond acceptors (Lipinski definition) is 4. The van der Waals surface area contributed by atoms with Crippen molar-refractivity contribution in [2.45, 2.75) is 18.2 Å². The molecule has 0 aliphatic heterocycles. The second-order valence-electron chi connectivity index (χ2n) is 6.57. The van der Waals surface area contributed by atoms with E-state index in [-0.39, 0.29) is 11.4 Å². The first-order valence-electron chi connectivity index (χ1n) is 9.15. The SMILES string of the molecule is Cc1ccc(NC(=O)Nc2ccccc2)cc1NS(=O)(=O)c1ccccc1OC(F)(F)F. The van der Waals surface area contributed by atoms with Crippen molar-refractivity contribution in [2.75, 3.05) is 15.4 Å². The highest BCUT2D eigenvalue weighted by Gasteiger charge is 2.34. The van der Waals surface area contributed by atoms with Gasteiger partial charge in [-0.05, 0) is 48.9 Å². The molecule has 0 aliphatic carbocycles. The number of urea groups is 1. The van der Waals surface area contributed by atoms with Crippen LogP contribution >= 0.6 is 0 Å². The Morgan fingerprint density at radius 3 is 2.19 bits per heavy atom. The molecule has 0 radical (unpaired) electrons. The lowest BCUT2D eigenvalue weighted by Gasteiger charge is -2.16. The fraction of sp³-hybridized carbons (Fsp3) is 0.0952. The molecule has 3 rings (SSSR count). The fourth-order valence-electron chi connectivity index (χ4n) is 2.71. The molecular weight excluding hydrogens is 447 g/mol. The Morgan fingerprint density at radius 2 is 1.50 bits per heavy atom. The number of benzene rings is 3. The van der Waals surface area contributed by atoms with Crippen LogP contribution in [0.4, 0.5) is 35.0 Å². The molecule has 32 heavy (non-hydrogen) atoms.